The van der Waals surface area contributed by atoms with E-state index in [1.807, 2.05) is 0 Å². The van der Waals surface area contributed by atoms with E-state index < -0.39 is 11.9 Å². The average Bonchev–Trinajstić information content (AvgIpc) is 3.44. The second-order valence-corrected chi connectivity index (χ2v) is 13.4. The molecule has 0 radical (unpaired) electrons. The Hall–Kier alpha value is -5.74. The summed E-state index contributed by atoms with van der Waals surface area (Å²) >= 11 is 0. The summed E-state index contributed by atoms with van der Waals surface area (Å²) in [4.78, 5) is 23.6. The Balaban J connectivity index is 1.32. The Morgan fingerprint density at radius 2 is 0.882 bits per heavy atom. The SMILES string of the molecule is C=CC(=O)OCCCCC1(CCCCOC(=O)C=C)c2cc(-c3ccc4ccccc4c3)ccc2-c2ccc(-c3ccc4ccccc4c3)cc21. The topological polar surface area (TPSA) is 52.6 Å². The standard InChI is InChI=1S/C47H42O4/c1-3-45(48)50-27-11-9-25-47(26-10-12-28-51-46(49)4-2)43-31-39(37-19-17-33-13-5-7-15-35(33)29-37)21-23-41(43)42-24-22-40(32-44(42)47)38-20-18-34-14-6-8-16-36(34)30-38/h3-8,13-24,29-32H,1-2,9-12,25-28H2. The molecule has 0 N–H and O–H groups in total. The third-order valence-electron chi connectivity index (χ3n) is 10.3. The van der Waals surface area contributed by atoms with Crippen LogP contribution in [0.15, 0.2) is 147 Å². The van der Waals surface area contributed by atoms with Gasteiger partial charge in [-0.2, -0.15) is 0 Å². The monoisotopic (exact) mass is 670 g/mol. The molecule has 0 fully saturated rings. The van der Waals surface area contributed by atoms with Crippen LogP contribution < -0.4 is 0 Å². The minimum atomic E-state index is -0.393. The molecule has 0 heterocycles. The van der Waals surface area contributed by atoms with Crippen LogP contribution in [0.4, 0.5) is 0 Å². The smallest absolute Gasteiger partial charge is 0.330 e. The van der Waals surface area contributed by atoms with Gasteiger partial charge in [-0.25, -0.2) is 9.59 Å². The van der Waals surface area contributed by atoms with E-state index in [9.17, 15) is 9.59 Å². The molecule has 0 atom stereocenters. The van der Waals surface area contributed by atoms with Crippen molar-refractivity contribution in [1.82, 2.24) is 0 Å². The van der Waals surface area contributed by atoms with Crippen molar-refractivity contribution in [1.29, 1.82) is 0 Å². The van der Waals surface area contributed by atoms with Crippen LogP contribution in [0.25, 0.3) is 54.9 Å². The highest BCUT2D eigenvalue weighted by Crippen LogP contribution is 2.55. The number of unbranched alkanes of at least 4 members (excludes halogenated alkanes) is 2. The molecule has 1 aliphatic carbocycles. The van der Waals surface area contributed by atoms with E-state index in [1.165, 1.54) is 78.2 Å². The van der Waals surface area contributed by atoms with Gasteiger partial charge in [0.25, 0.3) is 0 Å². The predicted octanol–water partition coefficient (Wildman–Crippen LogP) is 11.4. The van der Waals surface area contributed by atoms with Crippen molar-refractivity contribution < 1.29 is 19.1 Å². The number of hydrogen-bond acceptors (Lipinski definition) is 4. The second-order valence-electron chi connectivity index (χ2n) is 13.4. The molecule has 7 rings (SSSR count). The maximum absolute atomic E-state index is 11.8. The fourth-order valence-corrected chi connectivity index (χ4v) is 7.78. The molecule has 51 heavy (non-hydrogen) atoms. The quantitative estimate of drug-likeness (QED) is 0.0657. The average molecular weight is 671 g/mol. The summed E-state index contributed by atoms with van der Waals surface area (Å²) in [5, 5.41) is 4.88. The molecule has 0 saturated heterocycles. The lowest BCUT2D eigenvalue weighted by Crippen LogP contribution is -2.26. The van der Waals surface area contributed by atoms with Crippen molar-refractivity contribution in [2.45, 2.75) is 43.9 Å². The minimum absolute atomic E-state index is 0.296. The number of carbonyl (C=O) groups is 2. The summed E-state index contributed by atoms with van der Waals surface area (Å²) in [6, 6.07) is 44.3. The molecule has 0 spiro atoms. The summed E-state index contributed by atoms with van der Waals surface area (Å²) in [6.45, 7) is 7.78. The molecule has 0 aromatic heterocycles. The van der Waals surface area contributed by atoms with Gasteiger partial charge in [0.05, 0.1) is 13.2 Å². The number of hydrogen-bond donors (Lipinski definition) is 0. The number of rotatable bonds is 14. The van der Waals surface area contributed by atoms with Gasteiger partial charge in [0.15, 0.2) is 0 Å². The highest BCUT2D eigenvalue weighted by Gasteiger charge is 2.42. The van der Waals surface area contributed by atoms with Gasteiger partial charge in [-0.3, -0.25) is 0 Å². The van der Waals surface area contributed by atoms with Crippen molar-refractivity contribution >= 4 is 33.5 Å². The van der Waals surface area contributed by atoms with Crippen LogP contribution in [0.3, 0.4) is 0 Å². The molecular weight excluding hydrogens is 629 g/mol. The fourth-order valence-electron chi connectivity index (χ4n) is 7.78. The van der Waals surface area contributed by atoms with Gasteiger partial charge in [-0.15, -0.1) is 0 Å². The minimum Gasteiger partial charge on any atom is -0.463 e. The molecular formula is C47H42O4. The van der Waals surface area contributed by atoms with Crippen molar-refractivity contribution in [3.05, 3.63) is 158 Å². The van der Waals surface area contributed by atoms with Crippen molar-refractivity contribution in [3.63, 3.8) is 0 Å². The summed E-state index contributed by atoms with van der Waals surface area (Å²) < 4.78 is 10.8. The molecule has 4 heteroatoms. The van der Waals surface area contributed by atoms with Crippen LogP contribution >= 0.6 is 0 Å². The third-order valence-corrected chi connectivity index (χ3v) is 10.3. The van der Waals surface area contributed by atoms with Crippen LogP contribution in [0.2, 0.25) is 0 Å². The first kappa shape index (κ1) is 33.7. The highest BCUT2D eigenvalue weighted by atomic mass is 16.5. The maximum Gasteiger partial charge on any atom is 0.330 e. The van der Waals surface area contributed by atoms with Crippen molar-refractivity contribution in [2.24, 2.45) is 0 Å². The molecule has 6 aromatic rings. The Kier molecular flexibility index (Phi) is 9.94. The predicted molar refractivity (Wildman–Crippen MR) is 209 cm³/mol. The molecule has 254 valence electrons. The first-order valence-corrected chi connectivity index (χ1v) is 17.9. The number of esters is 2. The van der Waals surface area contributed by atoms with Crippen LogP contribution in [-0.2, 0) is 24.5 Å². The van der Waals surface area contributed by atoms with E-state index in [-0.39, 0.29) is 5.41 Å². The van der Waals surface area contributed by atoms with Crippen molar-refractivity contribution in [3.8, 4) is 33.4 Å². The lowest BCUT2D eigenvalue weighted by Gasteiger charge is -2.33. The third kappa shape index (κ3) is 7.00. The van der Waals surface area contributed by atoms with E-state index in [2.05, 4.69) is 134 Å². The van der Waals surface area contributed by atoms with E-state index in [1.54, 1.807) is 0 Å². The Bertz CT molecular complexity index is 2100. The molecule has 0 amide bonds. The van der Waals surface area contributed by atoms with Crippen molar-refractivity contribution in [2.75, 3.05) is 13.2 Å². The van der Waals surface area contributed by atoms with E-state index >= 15 is 0 Å². The molecule has 6 aromatic carbocycles. The van der Waals surface area contributed by atoms with Crippen LogP contribution in [0.5, 0.6) is 0 Å². The Morgan fingerprint density at radius 3 is 1.31 bits per heavy atom. The fraction of sp³-hybridized carbons (Fsp3) is 0.191. The normalized spacial score (nSPS) is 12.6. The number of carbonyl (C=O) groups excluding carboxylic acids is 2. The zero-order valence-electron chi connectivity index (χ0n) is 28.9. The van der Waals surface area contributed by atoms with Crippen LogP contribution in [0, 0.1) is 0 Å². The lowest BCUT2D eigenvalue weighted by molar-refractivity contribution is -0.138. The zero-order valence-corrected chi connectivity index (χ0v) is 28.9. The molecule has 1 aliphatic rings. The highest BCUT2D eigenvalue weighted by molar-refractivity contribution is 5.91. The van der Waals surface area contributed by atoms with E-state index in [4.69, 9.17) is 9.47 Å². The number of ether oxygens (including phenoxy) is 2. The summed E-state index contributed by atoms with van der Waals surface area (Å²) in [5.41, 5.74) is 9.62. The van der Waals surface area contributed by atoms with Gasteiger partial charge in [0.1, 0.15) is 0 Å². The lowest BCUT2D eigenvalue weighted by atomic mass is 9.70. The number of benzene rings is 6. The molecule has 0 bridgehead atoms. The van der Waals surface area contributed by atoms with Gasteiger partial charge >= 0.3 is 11.9 Å². The zero-order chi connectivity index (χ0) is 35.2. The Morgan fingerprint density at radius 1 is 0.490 bits per heavy atom. The van der Waals surface area contributed by atoms with Gasteiger partial charge in [0.2, 0.25) is 0 Å². The van der Waals surface area contributed by atoms with Gasteiger partial charge in [-0.05, 0) is 129 Å². The van der Waals surface area contributed by atoms with Crippen LogP contribution in [0.1, 0.15) is 49.7 Å². The first-order chi connectivity index (χ1) is 25.0. The molecule has 0 aliphatic heterocycles. The summed E-state index contributed by atoms with van der Waals surface area (Å²) in [7, 11) is 0. The van der Waals surface area contributed by atoms with Gasteiger partial charge in [-0.1, -0.05) is 110 Å². The molecule has 0 saturated carbocycles. The van der Waals surface area contributed by atoms with Gasteiger partial charge < -0.3 is 9.47 Å². The molecule has 4 nitrogen and oxygen atoms in total. The molecule has 0 unspecified atom stereocenters. The summed E-state index contributed by atoms with van der Waals surface area (Å²) in [6.07, 6.45) is 7.43. The van der Waals surface area contributed by atoms with E-state index in [0.717, 1.165) is 38.5 Å². The first-order valence-electron chi connectivity index (χ1n) is 17.9. The summed E-state index contributed by atoms with van der Waals surface area (Å²) in [5.74, 6) is -0.786. The van der Waals surface area contributed by atoms with Crippen LogP contribution in [-0.4, -0.2) is 25.2 Å². The number of fused-ring (bicyclic) bond motifs is 5. The second kappa shape index (κ2) is 15.0. The largest absolute Gasteiger partial charge is 0.463 e. The maximum atomic E-state index is 11.8. The Labute approximate surface area is 300 Å². The van der Waals surface area contributed by atoms with Gasteiger partial charge in [0, 0.05) is 17.6 Å². The van der Waals surface area contributed by atoms with E-state index in [0.29, 0.717) is 13.2 Å².